The van der Waals surface area contributed by atoms with Gasteiger partial charge in [0.05, 0.1) is 19.9 Å². The van der Waals surface area contributed by atoms with E-state index in [4.69, 9.17) is 9.47 Å². The molecule has 0 fully saturated rings. The second-order valence-corrected chi connectivity index (χ2v) is 9.62. The van der Waals surface area contributed by atoms with E-state index in [0.29, 0.717) is 17.1 Å². The summed E-state index contributed by atoms with van der Waals surface area (Å²) in [5.74, 6) is 0.309. The van der Waals surface area contributed by atoms with Crippen LogP contribution < -0.4 is 19.1 Å². The molecule has 0 aliphatic rings. The number of benzene rings is 3. The molecule has 0 aliphatic heterocycles. The standard InChI is InChI=1S/C25H28N2O5S/c1-17-6-11-23(32-5)24(15-17)33(29,30)27(21-7-9-22(31-4)10-8-21)16-25(28)26-20-13-18(2)12-19(3)14-20/h6-15H,16H2,1-5H3,(H,26,28). The molecule has 0 radical (unpaired) electrons. The lowest BCUT2D eigenvalue weighted by Crippen LogP contribution is -2.38. The van der Waals surface area contributed by atoms with Gasteiger partial charge in [0, 0.05) is 5.69 Å². The summed E-state index contributed by atoms with van der Waals surface area (Å²) in [6.07, 6.45) is 0. The Hall–Kier alpha value is -3.52. The zero-order valence-electron chi connectivity index (χ0n) is 19.4. The summed E-state index contributed by atoms with van der Waals surface area (Å²) in [7, 11) is -1.20. The second-order valence-electron chi connectivity index (χ2n) is 7.79. The van der Waals surface area contributed by atoms with Gasteiger partial charge in [0.15, 0.2) is 0 Å². The molecular weight excluding hydrogens is 440 g/mol. The van der Waals surface area contributed by atoms with E-state index in [2.05, 4.69) is 5.32 Å². The molecule has 0 aliphatic carbocycles. The van der Waals surface area contributed by atoms with E-state index in [0.717, 1.165) is 21.0 Å². The fraction of sp³-hybridized carbons (Fsp3) is 0.240. The first kappa shape index (κ1) is 24.1. The zero-order chi connectivity index (χ0) is 24.2. The van der Waals surface area contributed by atoms with Crippen molar-refractivity contribution in [3.8, 4) is 11.5 Å². The third-order valence-corrected chi connectivity index (χ3v) is 6.84. The Morgan fingerprint density at radius 2 is 1.48 bits per heavy atom. The molecule has 33 heavy (non-hydrogen) atoms. The Kier molecular flexibility index (Phi) is 7.28. The van der Waals surface area contributed by atoms with E-state index >= 15 is 0 Å². The highest BCUT2D eigenvalue weighted by Crippen LogP contribution is 2.31. The normalized spacial score (nSPS) is 11.1. The van der Waals surface area contributed by atoms with Gasteiger partial charge in [0.2, 0.25) is 5.91 Å². The zero-order valence-corrected chi connectivity index (χ0v) is 20.2. The summed E-state index contributed by atoms with van der Waals surface area (Å²) < 4.78 is 39.1. The van der Waals surface area contributed by atoms with Gasteiger partial charge in [0.25, 0.3) is 10.0 Å². The SMILES string of the molecule is COc1ccc(N(CC(=O)Nc2cc(C)cc(C)c2)S(=O)(=O)c2cc(C)ccc2OC)cc1. The first-order chi connectivity index (χ1) is 15.6. The Morgan fingerprint density at radius 1 is 0.848 bits per heavy atom. The van der Waals surface area contributed by atoms with E-state index in [1.54, 1.807) is 43.3 Å². The number of hydrogen-bond acceptors (Lipinski definition) is 5. The van der Waals surface area contributed by atoms with E-state index in [9.17, 15) is 13.2 Å². The summed E-state index contributed by atoms with van der Waals surface area (Å²) in [5, 5.41) is 2.81. The third kappa shape index (κ3) is 5.64. The van der Waals surface area contributed by atoms with Crippen LogP contribution in [0.2, 0.25) is 0 Å². The molecule has 1 amide bonds. The van der Waals surface area contributed by atoms with Crippen LogP contribution in [-0.2, 0) is 14.8 Å². The maximum absolute atomic E-state index is 13.8. The van der Waals surface area contributed by atoms with Gasteiger partial charge in [-0.15, -0.1) is 0 Å². The summed E-state index contributed by atoms with van der Waals surface area (Å²) >= 11 is 0. The molecular formula is C25H28N2O5S. The van der Waals surface area contributed by atoms with Crippen LogP contribution in [0.1, 0.15) is 16.7 Å². The molecule has 0 saturated heterocycles. The molecule has 7 nitrogen and oxygen atoms in total. The van der Waals surface area contributed by atoms with E-state index < -0.39 is 22.5 Å². The number of hydrogen-bond donors (Lipinski definition) is 1. The predicted molar refractivity (Wildman–Crippen MR) is 130 cm³/mol. The van der Waals surface area contributed by atoms with E-state index in [1.807, 2.05) is 32.0 Å². The van der Waals surface area contributed by atoms with Gasteiger partial charge in [-0.05, 0) is 86.0 Å². The largest absolute Gasteiger partial charge is 0.497 e. The van der Waals surface area contributed by atoms with Crippen LogP contribution in [0, 0.1) is 20.8 Å². The number of methoxy groups -OCH3 is 2. The van der Waals surface area contributed by atoms with Crippen molar-refractivity contribution in [1.82, 2.24) is 0 Å². The quantitative estimate of drug-likeness (QED) is 0.528. The van der Waals surface area contributed by atoms with Gasteiger partial charge in [0.1, 0.15) is 22.9 Å². The summed E-state index contributed by atoms with van der Waals surface area (Å²) in [6, 6.07) is 17.1. The molecule has 0 unspecified atom stereocenters. The van der Waals surface area contributed by atoms with Crippen molar-refractivity contribution in [2.24, 2.45) is 0 Å². The van der Waals surface area contributed by atoms with Crippen molar-refractivity contribution in [1.29, 1.82) is 0 Å². The van der Waals surface area contributed by atoms with Crippen LogP contribution >= 0.6 is 0 Å². The van der Waals surface area contributed by atoms with Crippen molar-refractivity contribution in [3.05, 3.63) is 77.4 Å². The lowest BCUT2D eigenvalue weighted by Gasteiger charge is -2.25. The monoisotopic (exact) mass is 468 g/mol. The van der Waals surface area contributed by atoms with Crippen LogP contribution in [0.25, 0.3) is 0 Å². The molecule has 0 aromatic heterocycles. The second kappa shape index (κ2) is 9.95. The van der Waals surface area contributed by atoms with Crippen molar-refractivity contribution >= 4 is 27.3 Å². The van der Waals surface area contributed by atoms with Crippen LogP contribution in [0.3, 0.4) is 0 Å². The van der Waals surface area contributed by atoms with Crippen molar-refractivity contribution in [2.45, 2.75) is 25.7 Å². The van der Waals surface area contributed by atoms with Crippen molar-refractivity contribution in [3.63, 3.8) is 0 Å². The Balaban J connectivity index is 2.02. The number of nitrogens with zero attached hydrogens (tertiary/aromatic N) is 1. The molecule has 3 aromatic rings. The minimum Gasteiger partial charge on any atom is -0.497 e. The van der Waals surface area contributed by atoms with Gasteiger partial charge in [-0.2, -0.15) is 0 Å². The van der Waals surface area contributed by atoms with E-state index in [1.165, 1.54) is 20.3 Å². The number of ether oxygens (including phenoxy) is 2. The van der Waals surface area contributed by atoms with Gasteiger partial charge >= 0.3 is 0 Å². The number of anilines is 2. The number of carbonyl (C=O) groups is 1. The minimum atomic E-state index is -4.14. The Morgan fingerprint density at radius 3 is 2.06 bits per heavy atom. The highest BCUT2D eigenvalue weighted by molar-refractivity contribution is 7.93. The van der Waals surface area contributed by atoms with Crippen LogP contribution in [0.5, 0.6) is 11.5 Å². The van der Waals surface area contributed by atoms with Crippen LogP contribution in [0.4, 0.5) is 11.4 Å². The lowest BCUT2D eigenvalue weighted by atomic mass is 10.1. The Labute approximate surface area is 195 Å². The maximum Gasteiger partial charge on any atom is 0.268 e. The number of carbonyl (C=O) groups excluding carboxylic acids is 1. The average molecular weight is 469 g/mol. The highest BCUT2D eigenvalue weighted by Gasteiger charge is 2.30. The number of nitrogens with one attached hydrogen (secondary N) is 1. The fourth-order valence-corrected chi connectivity index (χ4v) is 5.21. The first-order valence-corrected chi connectivity index (χ1v) is 11.8. The maximum atomic E-state index is 13.8. The van der Waals surface area contributed by atoms with Crippen LogP contribution in [-0.4, -0.2) is 35.1 Å². The molecule has 174 valence electrons. The average Bonchev–Trinajstić information content (AvgIpc) is 2.76. The van der Waals surface area contributed by atoms with E-state index in [-0.39, 0.29) is 10.6 Å². The van der Waals surface area contributed by atoms with Gasteiger partial charge in [-0.1, -0.05) is 12.1 Å². The predicted octanol–water partition coefficient (Wildman–Crippen LogP) is 4.46. The Bertz CT molecular complexity index is 1230. The molecule has 1 N–H and O–H groups in total. The lowest BCUT2D eigenvalue weighted by molar-refractivity contribution is -0.114. The first-order valence-electron chi connectivity index (χ1n) is 10.3. The van der Waals surface area contributed by atoms with Crippen molar-refractivity contribution in [2.75, 3.05) is 30.4 Å². The number of rotatable bonds is 8. The minimum absolute atomic E-state index is 0.0139. The summed E-state index contributed by atoms with van der Waals surface area (Å²) in [4.78, 5) is 13.0. The van der Waals surface area contributed by atoms with Crippen LogP contribution in [0.15, 0.2) is 65.6 Å². The molecule has 0 spiro atoms. The molecule has 8 heteroatoms. The van der Waals surface area contributed by atoms with Gasteiger partial charge in [-0.25, -0.2) is 8.42 Å². The van der Waals surface area contributed by atoms with Crippen molar-refractivity contribution < 1.29 is 22.7 Å². The number of amides is 1. The topological polar surface area (TPSA) is 84.9 Å². The van der Waals surface area contributed by atoms with Gasteiger partial charge < -0.3 is 14.8 Å². The third-order valence-electron chi connectivity index (χ3n) is 5.04. The fourth-order valence-electron chi connectivity index (χ4n) is 3.55. The molecule has 0 heterocycles. The molecule has 0 saturated carbocycles. The number of sulfonamides is 1. The number of aryl methyl sites for hydroxylation is 3. The molecule has 3 aromatic carbocycles. The summed E-state index contributed by atoms with van der Waals surface area (Å²) in [6.45, 7) is 5.24. The smallest absolute Gasteiger partial charge is 0.268 e. The summed E-state index contributed by atoms with van der Waals surface area (Å²) in [5.41, 5.74) is 3.68. The molecule has 0 bridgehead atoms. The van der Waals surface area contributed by atoms with Gasteiger partial charge in [-0.3, -0.25) is 9.10 Å². The molecule has 3 rings (SSSR count). The molecule has 0 atom stereocenters. The highest BCUT2D eigenvalue weighted by atomic mass is 32.2.